The van der Waals surface area contributed by atoms with Crippen molar-refractivity contribution in [3.8, 4) is 0 Å². The summed E-state index contributed by atoms with van der Waals surface area (Å²) in [5, 5.41) is 8.98. The molecule has 0 bridgehead atoms. The first-order chi connectivity index (χ1) is 20.2. The van der Waals surface area contributed by atoms with E-state index >= 15 is 0 Å². The van der Waals surface area contributed by atoms with Crippen LogP contribution in [-0.4, -0.2) is 28.0 Å². The van der Waals surface area contributed by atoms with Gasteiger partial charge in [0.25, 0.3) is 11.8 Å². The van der Waals surface area contributed by atoms with E-state index in [4.69, 9.17) is 34.8 Å². The van der Waals surface area contributed by atoms with Crippen LogP contribution in [0, 0.1) is 0 Å². The Morgan fingerprint density at radius 2 is 1.60 bits per heavy atom. The van der Waals surface area contributed by atoms with Crippen LogP contribution in [0.5, 0.6) is 0 Å². The highest BCUT2D eigenvalue weighted by molar-refractivity contribution is 8.00. The molecular formula is C31H25Cl3N4O3S. The number of rotatable bonds is 10. The van der Waals surface area contributed by atoms with E-state index < -0.39 is 17.1 Å². The number of nitrogens with zero attached hydrogens (tertiary/aromatic N) is 1. The van der Waals surface area contributed by atoms with Crippen molar-refractivity contribution in [2.24, 2.45) is 0 Å². The van der Waals surface area contributed by atoms with E-state index in [-0.39, 0.29) is 11.6 Å². The smallest absolute Gasteiger partial charge is 0.272 e. The Kier molecular flexibility index (Phi) is 11.0. The van der Waals surface area contributed by atoms with E-state index in [9.17, 15) is 14.4 Å². The molecule has 4 aromatic rings. The van der Waals surface area contributed by atoms with Crippen LogP contribution in [0.3, 0.4) is 0 Å². The predicted octanol–water partition coefficient (Wildman–Crippen LogP) is 7.96. The number of hydrogen-bond donors (Lipinski definition) is 3. The summed E-state index contributed by atoms with van der Waals surface area (Å²) in [4.78, 5) is 44.2. The Bertz CT molecular complexity index is 1600. The van der Waals surface area contributed by atoms with E-state index in [0.29, 0.717) is 44.1 Å². The van der Waals surface area contributed by atoms with Crippen LogP contribution in [0.15, 0.2) is 102 Å². The number of thioether (sulfide) groups is 1. The minimum absolute atomic E-state index is 0.0572. The summed E-state index contributed by atoms with van der Waals surface area (Å²) in [6.07, 6.45) is 3.45. The SMILES string of the molecule is CCC(Sc1cccc(NC(=O)/C(=C\c2c(Cl)cccc2Cl)NC(=O)c2ccccc2)c1)C(=O)Nc1ccc(Cl)cn1. The molecule has 0 aliphatic carbocycles. The number of amides is 3. The van der Waals surface area contributed by atoms with Crippen molar-refractivity contribution < 1.29 is 14.4 Å². The lowest BCUT2D eigenvalue weighted by Crippen LogP contribution is -2.30. The highest BCUT2D eigenvalue weighted by Crippen LogP contribution is 2.30. The summed E-state index contributed by atoms with van der Waals surface area (Å²) in [7, 11) is 0. The van der Waals surface area contributed by atoms with E-state index in [0.717, 1.165) is 4.90 Å². The van der Waals surface area contributed by atoms with Gasteiger partial charge in [-0.05, 0) is 67.1 Å². The van der Waals surface area contributed by atoms with Crippen LogP contribution in [0.25, 0.3) is 6.08 Å². The van der Waals surface area contributed by atoms with E-state index in [1.54, 1.807) is 78.9 Å². The molecule has 1 unspecified atom stereocenters. The summed E-state index contributed by atoms with van der Waals surface area (Å²) < 4.78 is 0. The Morgan fingerprint density at radius 3 is 2.26 bits per heavy atom. The number of hydrogen-bond acceptors (Lipinski definition) is 5. The molecule has 42 heavy (non-hydrogen) atoms. The van der Waals surface area contributed by atoms with E-state index in [2.05, 4.69) is 20.9 Å². The Labute approximate surface area is 262 Å². The third-order valence-electron chi connectivity index (χ3n) is 5.83. The highest BCUT2D eigenvalue weighted by atomic mass is 35.5. The molecular weight excluding hydrogens is 615 g/mol. The van der Waals surface area contributed by atoms with Gasteiger partial charge in [0, 0.05) is 38.0 Å². The molecule has 0 aliphatic rings. The Morgan fingerprint density at radius 1 is 0.881 bits per heavy atom. The van der Waals surface area contributed by atoms with Crippen molar-refractivity contribution in [2.45, 2.75) is 23.5 Å². The van der Waals surface area contributed by atoms with Crippen LogP contribution in [0.2, 0.25) is 15.1 Å². The van der Waals surface area contributed by atoms with Crippen molar-refractivity contribution in [3.63, 3.8) is 0 Å². The fourth-order valence-electron chi connectivity index (χ4n) is 3.72. The number of halogens is 3. The lowest BCUT2D eigenvalue weighted by Gasteiger charge is -2.16. The average Bonchev–Trinajstić information content (AvgIpc) is 2.99. The predicted molar refractivity (Wildman–Crippen MR) is 171 cm³/mol. The number of aromatic nitrogens is 1. The maximum absolute atomic E-state index is 13.5. The zero-order valence-electron chi connectivity index (χ0n) is 22.2. The molecule has 11 heteroatoms. The van der Waals surface area contributed by atoms with Gasteiger partial charge in [-0.2, -0.15) is 0 Å². The molecule has 3 N–H and O–H groups in total. The molecule has 0 fully saturated rings. The Hall–Kier alpha value is -3.82. The summed E-state index contributed by atoms with van der Waals surface area (Å²) in [6.45, 7) is 1.91. The van der Waals surface area contributed by atoms with Gasteiger partial charge in [-0.15, -0.1) is 11.8 Å². The van der Waals surface area contributed by atoms with E-state index in [1.807, 2.05) is 13.0 Å². The van der Waals surface area contributed by atoms with Crippen molar-refractivity contribution >= 4 is 81.9 Å². The first-order valence-corrected chi connectivity index (χ1v) is 14.8. The molecule has 1 aromatic heterocycles. The van der Waals surface area contributed by atoms with Crippen LogP contribution >= 0.6 is 46.6 Å². The molecule has 0 saturated carbocycles. The van der Waals surface area contributed by atoms with Crippen molar-refractivity contribution in [1.82, 2.24) is 10.3 Å². The third kappa shape index (κ3) is 8.59. The topological polar surface area (TPSA) is 100 Å². The second kappa shape index (κ2) is 14.9. The zero-order chi connectivity index (χ0) is 30.1. The lowest BCUT2D eigenvalue weighted by atomic mass is 10.1. The summed E-state index contributed by atoms with van der Waals surface area (Å²) >= 11 is 19.9. The quantitative estimate of drug-likeness (QED) is 0.121. The summed E-state index contributed by atoms with van der Waals surface area (Å²) in [5.74, 6) is -0.871. The number of carbonyl (C=O) groups is 3. The van der Waals surface area contributed by atoms with Gasteiger partial charge in [-0.1, -0.05) is 72.1 Å². The highest BCUT2D eigenvalue weighted by Gasteiger charge is 2.20. The fraction of sp³-hybridized carbons (Fsp3) is 0.0968. The maximum Gasteiger partial charge on any atom is 0.272 e. The van der Waals surface area contributed by atoms with Crippen molar-refractivity contribution in [3.05, 3.63) is 123 Å². The lowest BCUT2D eigenvalue weighted by molar-refractivity contribution is -0.116. The average molecular weight is 640 g/mol. The van der Waals surface area contributed by atoms with Crippen molar-refractivity contribution in [2.75, 3.05) is 10.6 Å². The fourth-order valence-corrected chi connectivity index (χ4v) is 5.36. The molecule has 3 aromatic carbocycles. The van der Waals surface area contributed by atoms with Gasteiger partial charge in [-0.25, -0.2) is 4.98 Å². The number of anilines is 2. The largest absolute Gasteiger partial charge is 0.321 e. The minimum Gasteiger partial charge on any atom is -0.321 e. The molecule has 0 spiro atoms. The van der Waals surface area contributed by atoms with Gasteiger partial charge in [0.05, 0.1) is 10.3 Å². The van der Waals surface area contributed by atoms with Crippen LogP contribution in [0.1, 0.15) is 29.3 Å². The van der Waals surface area contributed by atoms with Crippen LogP contribution in [-0.2, 0) is 9.59 Å². The maximum atomic E-state index is 13.5. The summed E-state index contributed by atoms with van der Waals surface area (Å²) in [6, 6.07) is 23.8. The molecule has 0 saturated heterocycles. The van der Waals surface area contributed by atoms with Gasteiger partial charge in [0.2, 0.25) is 5.91 Å². The standard InChI is InChI=1S/C31H25Cl3N4O3S/c1-2-27(31(41)38-28-15-14-20(32)18-35-28)42-22-11-6-10-21(16-22)36-30(40)26(17-23-24(33)12-7-13-25(23)34)37-29(39)19-8-4-3-5-9-19/h3-18,27H,2H2,1H3,(H,36,40)(H,37,39)(H,35,38,41)/b26-17+. The van der Waals surface area contributed by atoms with Gasteiger partial charge in [-0.3, -0.25) is 14.4 Å². The van der Waals surface area contributed by atoms with Crippen molar-refractivity contribution in [1.29, 1.82) is 0 Å². The second-order valence-electron chi connectivity index (χ2n) is 8.86. The van der Waals surface area contributed by atoms with Crippen LogP contribution in [0.4, 0.5) is 11.5 Å². The number of nitrogens with one attached hydrogen (secondary N) is 3. The second-order valence-corrected chi connectivity index (χ2v) is 11.4. The third-order valence-corrected chi connectivity index (χ3v) is 8.07. The van der Waals surface area contributed by atoms with Gasteiger partial charge in [0.1, 0.15) is 11.5 Å². The van der Waals surface area contributed by atoms with Gasteiger partial charge in [0.15, 0.2) is 0 Å². The number of pyridine rings is 1. The molecule has 1 heterocycles. The van der Waals surface area contributed by atoms with Crippen LogP contribution < -0.4 is 16.0 Å². The normalized spacial score (nSPS) is 11.9. The van der Waals surface area contributed by atoms with E-state index in [1.165, 1.54) is 24.0 Å². The molecule has 0 radical (unpaired) electrons. The molecule has 0 aliphatic heterocycles. The van der Waals surface area contributed by atoms with Gasteiger partial charge < -0.3 is 16.0 Å². The monoisotopic (exact) mass is 638 g/mol. The number of benzene rings is 3. The molecule has 214 valence electrons. The molecule has 7 nitrogen and oxygen atoms in total. The summed E-state index contributed by atoms with van der Waals surface area (Å²) in [5.41, 5.74) is 1.16. The van der Waals surface area contributed by atoms with Gasteiger partial charge >= 0.3 is 0 Å². The molecule has 1 atom stereocenters. The minimum atomic E-state index is -0.587. The number of carbonyl (C=O) groups excluding carboxylic acids is 3. The molecule has 3 amide bonds. The zero-order valence-corrected chi connectivity index (χ0v) is 25.3. The first kappa shape index (κ1) is 31.1. The molecule has 4 rings (SSSR count). The Balaban J connectivity index is 1.53. The first-order valence-electron chi connectivity index (χ1n) is 12.8.